The first kappa shape index (κ1) is 24.8. The van der Waals surface area contributed by atoms with Gasteiger partial charge < -0.3 is 27.5 Å². The molecule has 7 heteroatoms. The Balaban J connectivity index is -0.00000000750. The van der Waals surface area contributed by atoms with Crippen molar-refractivity contribution in [2.24, 2.45) is 0 Å². The van der Waals surface area contributed by atoms with Crippen LogP contribution in [0.2, 0.25) is 0 Å². The van der Waals surface area contributed by atoms with Gasteiger partial charge in [0.25, 0.3) is 0 Å². The maximum absolute atomic E-state index is 7.17. The molecule has 0 fully saturated rings. The third-order valence-corrected chi connectivity index (χ3v) is 0. The van der Waals surface area contributed by atoms with Crippen LogP contribution in [0.15, 0.2) is 0 Å². The minimum atomic E-state index is -2.17. The van der Waals surface area contributed by atoms with Gasteiger partial charge in [-0.15, -0.1) is 0 Å². The molecule has 0 unspecified atom stereocenters. The third-order valence-electron chi connectivity index (χ3n) is 0. The molecule has 0 aliphatic heterocycles. The zero-order valence-corrected chi connectivity index (χ0v) is 5.92. The first-order valence-electron chi connectivity index (χ1n) is 0.775. The van der Waals surface area contributed by atoms with Crippen molar-refractivity contribution in [3.63, 3.8) is 0 Å². The average Bonchev–Trinajstić information content (AvgIpc) is 0.811. The molecule has 0 amide bonds. The van der Waals surface area contributed by atoms with Crippen LogP contribution in [0.1, 0.15) is 1.43 Å². The Labute approximate surface area is 64.5 Å². The summed E-state index contributed by atoms with van der Waals surface area (Å²) in [6.45, 7) is 0. The van der Waals surface area contributed by atoms with Gasteiger partial charge in [-0.1, -0.05) is 0 Å². The van der Waals surface area contributed by atoms with Gasteiger partial charge in [0.15, 0.2) is 0 Å². The van der Waals surface area contributed by atoms with E-state index in [4.69, 9.17) is 15.1 Å². The monoisotopic (exact) mass is 122 g/mol. The molecule has 42 valence electrons. The van der Waals surface area contributed by atoms with Crippen molar-refractivity contribution in [1.82, 2.24) is 0 Å². The molecule has 0 aromatic rings. The van der Waals surface area contributed by atoms with Gasteiger partial charge in [0.05, 0.1) is 0 Å². The summed E-state index contributed by atoms with van der Waals surface area (Å²) in [6.07, 6.45) is 0. The second-order valence-corrected chi connectivity index (χ2v) is 0.346. The fourth-order valence-electron chi connectivity index (χ4n) is 0. The van der Waals surface area contributed by atoms with Gasteiger partial charge in [0, 0.05) is 0 Å². The molecular formula is H8BNaO5. The molecule has 0 bridgehead atoms. The molecule has 0 saturated carbocycles. The van der Waals surface area contributed by atoms with Gasteiger partial charge in [0.1, 0.15) is 0 Å². The molecule has 7 heavy (non-hydrogen) atoms. The van der Waals surface area contributed by atoms with Crippen molar-refractivity contribution >= 4 is 7.32 Å². The summed E-state index contributed by atoms with van der Waals surface area (Å²) in [6, 6.07) is 0. The Morgan fingerprint density at radius 3 is 1.00 bits per heavy atom. The fraction of sp³-hybridized carbons (Fsp3) is 0. The second-order valence-electron chi connectivity index (χ2n) is 0.346. The molecule has 0 heterocycles. The van der Waals surface area contributed by atoms with Crippen molar-refractivity contribution in [1.29, 1.82) is 0 Å². The van der Waals surface area contributed by atoms with Crippen LogP contribution in [0.3, 0.4) is 0 Å². The Hall–Kier alpha value is 0.865. The Morgan fingerprint density at radius 2 is 1.00 bits per heavy atom. The van der Waals surface area contributed by atoms with Crippen LogP contribution < -0.4 is 29.6 Å². The Kier molecular flexibility index (Phi) is 56.0. The zero-order chi connectivity index (χ0) is 3.58. The van der Waals surface area contributed by atoms with E-state index >= 15 is 0 Å². The standard InChI is InChI=1S/BH3O3.Na.2H2O.H/c2-1(3)4;;;;/h2-4H;;2*1H2;/q;+1;;;-1. The van der Waals surface area contributed by atoms with Crippen molar-refractivity contribution < 1.29 is 57.0 Å². The van der Waals surface area contributed by atoms with Crippen molar-refractivity contribution in [2.45, 2.75) is 0 Å². The van der Waals surface area contributed by atoms with E-state index in [0.717, 1.165) is 0 Å². The van der Waals surface area contributed by atoms with Crippen LogP contribution in [0.4, 0.5) is 0 Å². The molecule has 7 N–H and O–H groups in total. The SMILES string of the molecule is O.O.OB(O)O.[H-].[Na+]. The second kappa shape index (κ2) is 15.8. The molecular weight excluding hydrogens is 114 g/mol. The van der Waals surface area contributed by atoms with Gasteiger partial charge in [-0.2, -0.15) is 0 Å². The maximum Gasteiger partial charge on any atom is 1.00 e. The third kappa shape index (κ3) is 217. The summed E-state index contributed by atoms with van der Waals surface area (Å²) in [5.41, 5.74) is 0. The summed E-state index contributed by atoms with van der Waals surface area (Å²) >= 11 is 0. The topological polar surface area (TPSA) is 124 Å². The van der Waals surface area contributed by atoms with E-state index in [1.165, 1.54) is 0 Å². The number of rotatable bonds is 0. The number of hydrogen-bond acceptors (Lipinski definition) is 3. The van der Waals surface area contributed by atoms with E-state index in [-0.39, 0.29) is 41.9 Å². The quantitative estimate of drug-likeness (QED) is 0.276. The first-order chi connectivity index (χ1) is 1.73. The van der Waals surface area contributed by atoms with Gasteiger partial charge in [-0.25, -0.2) is 0 Å². The Bertz CT molecular complexity index is 17.1. The molecule has 0 aliphatic carbocycles. The van der Waals surface area contributed by atoms with Crippen LogP contribution >= 0.6 is 0 Å². The van der Waals surface area contributed by atoms with Gasteiger partial charge in [-0.05, 0) is 0 Å². The smallest absolute Gasteiger partial charge is 1.00 e. The summed E-state index contributed by atoms with van der Waals surface area (Å²) < 4.78 is 0. The average molecular weight is 122 g/mol. The molecule has 0 aromatic carbocycles. The van der Waals surface area contributed by atoms with Crippen LogP contribution in [-0.4, -0.2) is 33.3 Å². The molecule has 0 spiro atoms. The molecule has 0 rings (SSSR count). The van der Waals surface area contributed by atoms with E-state index < -0.39 is 7.32 Å². The first-order valence-corrected chi connectivity index (χ1v) is 0.775. The van der Waals surface area contributed by atoms with Crippen LogP contribution in [0.5, 0.6) is 0 Å². The predicted molar refractivity (Wildman–Crippen MR) is 20.8 cm³/mol. The van der Waals surface area contributed by atoms with E-state index in [9.17, 15) is 0 Å². The van der Waals surface area contributed by atoms with Crippen LogP contribution in [0, 0.1) is 0 Å². The predicted octanol–water partition coefficient (Wildman–Crippen LogP) is -6.58. The van der Waals surface area contributed by atoms with Crippen molar-refractivity contribution in [2.75, 3.05) is 0 Å². The molecule has 0 atom stereocenters. The maximum atomic E-state index is 7.17. The molecule has 0 aromatic heterocycles. The van der Waals surface area contributed by atoms with Crippen LogP contribution in [0.25, 0.3) is 0 Å². The molecule has 0 aliphatic rings. The van der Waals surface area contributed by atoms with Gasteiger partial charge in [-0.3, -0.25) is 0 Å². The normalized spacial score (nSPS) is 3.86. The molecule has 5 nitrogen and oxygen atoms in total. The minimum absolute atomic E-state index is 0. The summed E-state index contributed by atoms with van der Waals surface area (Å²) in [5, 5.41) is 21.5. The van der Waals surface area contributed by atoms with E-state index in [1.54, 1.807) is 0 Å². The van der Waals surface area contributed by atoms with E-state index in [1.807, 2.05) is 0 Å². The molecule has 0 saturated heterocycles. The molecule has 0 radical (unpaired) electrons. The Morgan fingerprint density at radius 1 is 1.00 bits per heavy atom. The van der Waals surface area contributed by atoms with Crippen molar-refractivity contribution in [3.8, 4) is 0 Å². The van der Waals surface area contributed by atoms with Gasteiger partial charge in [0.2, 0.25) is 0 Å². The van der Waals surface area contributed by atoms with Gasteiger partial charge >= 0.3 is 36.9 Å². The summed E-state index contributed by atoms with van der Waals surface area (Å²) in [7, 11) is -2.17. The van der Waals surface area contributed by atoms with E-state index in [2.05, 4.69) is 0 Å². The minimum Gasteiger partial charge on any atom is -1.00 e. The summed E-state index contributed by atoms with van der Waals surface area (Å²) in [4.78, 5) is 0. The van der Waals surface area contributed by atoms with Crippen molar-refractivity contribution in [3.05, 3.63) is 0 Å². The summed E-state index contributed by atoms with van der Waals surface area (Å²) in [5.74, 6) is 0. The largest absolute Gasteiger partial charge is 1.00 e. The number of hydrogen-bond donors (Lipinski definition) is 3. The van der Waals surface area contributed by atoms with E-state index in [0.29, 0.717) is 0 Å². The fourth-order valence-corrected chi connectivity index (χ4v) is 0. The van der Waals surface area contributed by atoms with Crippen LogP contribution in [-0.2, 0) is 0 Å². The zero-order valence-electron chi connectivity index (χ0n) is 4.92.